The van der Waals surface area contributed by atoms with E-state index in [9.17, 15) is 10.1 Å². The van der Waals surface area contributed by atoms with Gasteiger partial charge in [0.05, 0.1) is 28.4 Å². The maximum atomic E-state index is 13.4. The molecule has 0 radical (unpaired) electrons. The fourth-order valence-electron chi connectivity index (χ4n) is 4.17. The Labute approximate surface area is 184 Å². The summed E-state index contributed by atoms with van der Waals surface area (Å²) in [6.07, 6.45) is 5.80. The molecule has 0 spiro atoms. The number of carbonyl (C=O) groups is 1. The molecule has 4 aromatic rings. The number of pyridine rings is 1. The number of nitrogens with zero attached hydrogens (tertiary/aromatic N) is 4. The van der Waals surface area contributed by atoms with Gasteiger partial charge in [-0.3, -0.25) is 4.79 Å². The van der Waals surface area contributed by atoms with Crippen molar-refractivity contribution in [1.29, 1.82) is 5.26 Å². The Morgan fingerprint density at radius 2 is 2.06 bits per heavy atom. The van der Waals surface area contributed by atoms with E-state index in [0.717, 1.165) is 42.5 Å². The average molecular weight is 428 g/mol. The van der Waals surface area contributed by atoms with Crippen molar-refractivity contribution in [1.82, 2.24) is 14.8 Å². The number of hydrogen-bond acceptors (Lipinski definition) is 5. The third-order valence-corrected chi connectivity index (χ3v) is 6.94. The number of thiophene rings is 1. The highest BCUT2D eigenvalue weighted by Crippen LogP contribution is 2.38. The minimum absolute atomic E-state index is 0.240. The van der Waals surface area contributed by atoms with Crippen molar-refractivity contribution in [3.8, 4) is 17.3 Å². The molecule has 3 heterocycles. The lowest BCUT2D eigenvalue weighted by Gasteiger charge is -2.10. The number of benzene rings is 1. The zero-order valence-electron chi connectivity index (χ0n) is 17.2. The van der Waals surface area contributed by atoms with Crippen LogP contribution >= 0.6 is 11.3 Å². The first-order chi connectivity index (χ1) is 15.2. The van der Waals surface area contributed by atoms with E-state index in [2.05, 4.69) is 16.5 Å². The summed E-state index contributed by atoms with van der Waals surface area (Å²) in [7, 11) is 0. The smallest absolute Gasteiger partial charge is 0.257 e. The van der Waals surface area contributed by atoms with Crippen LogP contribution in [-0.2, 0) is 19.4 Å². The lowest BCUT2D eigenvalue weighted by Crippen LogP contribution is -2.13. The SMILES string of the molecule is CCn1ncc2c(C(=O)Nc3sc4c(c3C#N)CCCC4)cc(-c3ccccc3)nc21. The van der Waals surface area contributed by atoms with Gasteiger partial charge in [0, 0.05) is 17.0 Å². The Balaban J connectivity index is 1.60. The number of fused-ring (bicyclic) bond motifs is 2. The van der Waals surface area contributed by atoms with Crippen molar-refractivity contribution in [3.63, 3.8) is 0 Å². The largest absolute Gasteiger partial charge is 0.312 e. The molecule has 0 saturated carbocycles. The second-order valence-electron chi connectivity index (χ2n) is 7.60. The van der Waals surface area contributed by atoms with Crippen LogP contribution in [0.2, 0.25) is 0 Å². The predicted octanol–water partition coefficient (Wildman–Crippen LogP) is 5.18. The van der Waals surface area contributed by atoms with Gasteiger partial charge in [-0.25, -0.2) is 9.67 Å². The number of nitriles is 1. The summed E-state index contributed by atoms with van der Waals surface area (Å²) in [6, 6.07) is 13.9. The quantitative estimate of drug-likeness (QED) is 0.486. The van der Waals surface area contributed by atoms with Crippen LogP contribution in [0.1, 0.15) is 46.1 Å². The van der Waals surface area contributed by atoms with E-state index in [1.165, 1.54) is 16.2 Å². The molecule has 0 atom stereocenters. The summed E-state index contributed by atoms with van der Waals surface area (Å²) in [5, 5.41) is 18.5. The fraction of sp³-hybridized carbons (Fsp3) is 0.250. The number of rotatable bonds is 4. The molecule has 31 heavy (non-hydrogen) atoms. The Morgan fingerprint density at radius 3 is 2.84 bits per heavy atom. The maximum absolute atomic E-state index is 13.4. The Hall–Kier alpha value is -3.50. The van der Waals surface area contributed by atoms with Gasteiger partial charge in [-0.2, -0.15) is 10.4 Å². The van der Waals surface area contributed by atoms with Crippen LogP contribution in [-0.4, -0.2) is 20.7 Å². The standard InChI is InChI=1S/C24H21N5OS/c1-2-29-22-19(14-26-29)17(12-20(27-22)15-8-4-3-5-9-15)23(30)28-24-18(13-25)16-10-6-7-11-21(16)31-24/h3-5,8-9,12,14H,2,6-7,10-11H2,1H3,(H,28,30). The molecule has 1 aliphatic rings. The molecular weight excluding hydrogens is 406 g/mol. The number of nitrogens with one attached hydrogen (secondary N) is 1. The third kappa shape index (κ3) is 3.39. The van der Waals surface area contributed by atoms with Crippen molar-refractivity contribution in [2.75, 3.05) is 5.32 Å². The van der Waals surface area contributed by atoms with Crippen LogP contribution in [0.3, 0.4) is 0 Å². The molecule has 0 fully saturated rings. The monoisotopic (exact) mass is 427 g/mol. The molecule has 1 N–H and O–H groups in total. The Morgan fingerprint density at radius 1 is 1.26 bits per heavy atom. The van der Waals surface area contributed by atoms with Crippen molar-refractivity contribution >= 4 is 33.3 Å². The minimum atomic E-state index is -0.240. The zero-order chi connectivity index (χ0) is 21.4. The topological polar surface area (TPSA) is 83.6 Å². The van der Waals surface area contributed by atoms with Gasteiger partial charge in [0.2, 0.25) is 0 Å². The van der Waals surface area contributed by atoms with Crippen LogP contribution in [0.15, 0.2) is 42.6 Å². The number of aryl methyl sites for hydroxylation is 2. The fourth-order valence-corrected chi connectivity index (χ4v) is 5.40. The highest BCUT2D eigenvalue weighted by atomic mass is 32.1. The van der Waals surface area contributed by atoms with Gasteiger partial charge in [0.15, 0.2) is 5.65 Å². The highest BCUT2D eigenvalue weighted by Gasteiger charge is 2.24. The molecule has 1 amide bonds. The summed E-state index contributed by atoms with van der Waals surface area (Å²) < 4.78 is 1.79. The van der Waals surface area contributed by atoms with E-state index in [-0.39, 0.29) is 5.91 Å². The molecule has 0 aliphatic heterocycles. The molecule has 6 nitrogen and oxygen atoms in total. The van der Waals surface area contributed by atoms with Crippen LogP contribution in [0.25, 0.3) is 22.3 Å². The van der Waals surface area contributed by atoms with E-state index < -0.39 is 0 Å². The summed E-state index contributed by atoms with van der Waals surface area (Å²) in [6.45, 7) is 2.66. The molecular formula is C24H21N5OS. The first kappa shape index (κ1) is 19.5. The van der Waals surface area contributed by atoms with Gasteiger partial charge in [0.25, 0.3) is 5.91 Å². The summed E-state index contributed by atoms with van der Waals surface area (Å²) in [5.74, 6) is -0.240. The molecule has 3 aromatic heterocycles. The van der Waals surface area contributed by atoms with Gasteiger partial charge >= 0.3 is 0 Å². The minimum Gasteiger partial charge on any atom is -0.312 e. The van der Waals surface area contributed by atoms with E-state index in [1.807, 2.05) is 43.3 Å². The first-order valence-corrected chi connectivity index (χ1v) is 11.3. The van der Waals surface area contributed by atoms with Crippen molar-refractivity contribution in [2.45, 2.75) is 39.2 Å². The highest BCUT2D eigenvalue weighted by molar-refractivity contribution is 7.16. The molecule has 1 aliphatic carbocycles. The Kier molecular flexibility index (Phi) is 5.00. The molecule has 5 rings (SSSR count). The van der Waals surface area contributed by atoms with Gasteiger partial charge in [-0.15, -0.1) is 11.3 Å². The van der Waals surface area contributed by atoms with Gasteiger partial charge in [0.1, 0.15) is 11.1 Å². The van der Waals surface area contributed by atoms with E-state index in [1.54, 1.807) is 10.9 Å². The number of anilines is 1. The summed E-state index contributed by atoms with van der Waals surface area (Å²) in [5.41, 5.74) is 4.58. The summed E-state index contributed by atoms with van der Waals surface area (Å²) >= 11 is 1.53. The number of carbonyl (C=O) groups excluding carboxylic acids is 1. The second-order valence-corrected chi connectivity index (χ2v) is 8.70. The summed E-state index contributed by atoms with van der Waals surface area (Å²) in [4.78, 5) is 19.4. The van der Waals surface area contributed by atoms with E-state index in [0.29, 0.717) is 33.7 Å². The van der Waals surface area contributed by atoms with Crippen LogP contribution in [0, 0.1) is 11.3 Å². The number of aromatic nitrogens is 3. The van der Waals surface area contributed by atoms with Crippen molar-refractivity contribution < 1.29 is 4.79 Å². The van der Waals surface area contributed by atoms with Gasteiger partial charge < -0.3 is 5.32 Å². The lowest BCUT2D eigenvalue weighted by atomic mass is 9.96. The molecule has 0 bridgehead atoms. The van der Waals surface area contributed by atoms with Crippen LogP contribution in [0.5, 0.6) is 0 Å². The lowest BCUT2D eigenvalue weighted by molar-refractivity contribution is 0.102. The van der Waals surface area contributed by atoms with E-state index >= 15 is 0 Å². The third-order valence-electron chi connectivity index (χ3n) is 5.73. The van der Waals surface area contributed by atoms with Crippen molar-refractivity contribution in [3.05, 3.63) is 64.2 Å². The zero-order valence-corrected chi connectivity index (χ0v) is 18.0. The van der Waals surface area contributed by atoms with Crippen LogP contribution in [0.4, 0.5) is 5.00 Å². The molecule has 0 saturated heterocycles. The Bertz CT molecular complexity index is 1330. The van der Waals surface area contributed by atoms with E-state index in [4.69, 9.17) is 4.98 Å². The molecule has 154 valence electrons. The molecule has 0 unspecified atom stereocenters. The molecule has 1 aromatic carbocycles. The average Bonchev–Trinajstić information content (AvgIpc) is 3.39. The number of amides is 1. The van der Waals surface area contributed by atoms with Crippen molar-refractivity contribution in [2.24, 2.45) is 0 Å². The second kappa shape index (κ2) is 7.97. The number of hydrogen-bond donors (Lipinski definition) is 1. The van der Waals surface area contributed by atoms with Crippen LogP contribution < -0.4 is 5.32 Å². The van der Waals surface area contributed by atoms with Gasteiger partial charge in [-0.05, 0) is 44.2 Å². The maximum Gasteiger partial charge on any atom is 0.257 e. The van der Waals surface area contributed by atoms with Gasteiger partial charge in [-0.1, -0.05) is 30.3 Å². The molecule has 7 heteroatoms. The first-order valence-electron chi connectivity index (χ1n) is 10.5. The normalized spacial score (nSPS) is 13.0. The predicted molar refractivity (Wildman–Crippen MR) is 122 cm³/mol.